The first-order valence-corrected chi connectivity index (χ1v) is 13.8. The van der Waals surface area contributed by atoms with Gasteiger partial charge in [0.25, 0.3) is 11.8 Å². The Morgan fingerprint density at radius 2 is 2.02 bits per heavy atom. The summed E-state index contributed by atoms with van der Waals surface area (Å²) < 4.78 is 7.59. The molecule has 228 valence electrons. The number of hydrogen-bond acceptors (Lipinski definition) is 10. The van der Waals surface area contributed by atoms with Gasteiger partial charge >= 0.3 is 0 Å². The molecule has 1 unspecified atom stereocenters. The quantitative estimate of drug-likeness (QED) is 0.212. The summed E-state index contributed by atoms with van der Waals surface area (Å²) in [6.07, 6.45) is 7.15. The smallest absolute Gasteiger partial charge is 0.270 e. The summed E-state index contributed by atoms with van der Waals surface area (Å²) in [4.78, 5) is 42.1. The molecular weight excluding hydrogens is 564 g/mol. The molecule has 2 aromatic carbocycles. The zero-order valence-electron chi connectivity index (χ0n) is 24.7. The molecule has 5 N–H and O–H groups in total. The molecule has 13 nitrogen and oxygen atoms in total. The number of aliphatic hydroxyl groups is 1. The van der Waals surface area contributed by atoms with E-state index in [2.05, 4.69) is 37.9 Å². The Kier molecular flexibility index (Phi) is 10.1. The summed E-state index contributed by atoms with van der Waals surface area (Å²) in [7, 11) is 1.00. The van der Waals surface area contributed by atoms with Crippen LogP contribution in [0.25, 0.3) is 5.69 Å². The van der Waals surface area contributed by atoms with Crippen LogP contribution in [0.2, 0.25) is 0 Å². The van der Waals surface area contributed by atoms with Crippen LogP contribution >= 0.6 is 0 Å². The predicted octanol–water partition coefficient (Wildman–Crippen LogP) is 2.36. The summed E-state index contributed by atoms with van der Waals surface area (Å²) in [6, 6.07) is 9.15. The van der Waals surface area contributed by atoms with Crippen LogP contribution in [-0.2, 0) is 29.2 Å². The van der Waals surface area contributed by atoms with E-state index in [1.807, 2.05) is 35.8 Å². The Morgan fingerprint density at radius 3 is 2.77 bits per heavy atom. The molecule has 13 heteroatoms. The molecule has 0 radical (unpaired) electrons. The molecule has 0 saturated carbocycles. The predicted molar refractivity (Wildman–Crippen MR) is 164 cm³/mol. The molecule has 1 aliphatic carbocycles. The summed E-state index contributed by atoms with van der Waals surface area (Å²) in [6.45, 7) is 6.81. The van der Waals surface area contributed by atoms with E-state index in [-0.39, 0.29) is 35.8 Å². The van der Waals surface area contributed by atoms with Gasteiger partial charge in [-0.1, -0.05) is 18.2 Å². The van der Waals surface area contributed by atoms with Crippen LogP contribution in [0.1, 0.15) is 57.8 Å². The number of ether oxygens (including phenoxy) is 1. The van der Waals surface area contributed by atoms with Crippen molar-refractivity contribution in [1.29, 1.82) is 5.41 Å². The second kappa shape index (κ2) is 14.2. The van der Waals surface area contributed by atoms with Crippen molar-refractivity contribution in [1.82, 2.24) is 30.7 Å². The van der Waals surface area contributed by atoms with E-state index in [9.17, 15) is 14.4 Å². The van der Waals surface area contributed by atoms with E-state index >= 15 is 0 Å². The van der Waals surface area contributed by atoms with E-state index in [1.54, 1.807) is 25.4 Å². The van der Waals surface area contributed by atoms with Crippen molar-refractivity contribution < 1.29 is 24.2 Å². The highest BCUT2D eigenvalue weighted by molar-refractivity contribution is 6.44. The van der Waals surface area contributed by atoms with Crippen LogP contribution in [0, 0.1) is 12.3 Å². The summed E-state index contributed by atoms with van der Waals surface area (Å²) in [5.41, 5.74) is 5.74. The fourth-order valence-electron chi connectivity index (χ4n) is 5.25. The number of nitrogens with one attached hydrogen (secondary N) is 4. The van der Waals surface area contributed by atoms with Crippen LogP contribution in [-0.4, -0.2) is 57.5 Å². The number of carbonyl (C=O) groups is 3. The van der Waals surface area contributed by atoms with Crippen molar-refractivity contribution in [3.8, 4) is 11.4 Å². The number of aliphatic hydroxyl groups excluding tert-OH is 1. The zero-order chi connectivity index (χ0) is 31.8. The maximum Gasteiger partial charge on any atom is 0.270 e. The maximum absolute atomic E-state index is 13.2. The lowest BCUT2D eigenvalue weighted by Crippen LogP contribution is -2.38. The van der Waals surface area contributed by atoms with E-state index in [0.717, 1.165) is 54.2 Å². The van der Waals surface area contributed by atoms with Gasteiger partial charge in [-0.2, -0.15) is 0 Å². The van der Waals surface area contributed by atoms with Gasteiger partial charge in [-0.15, -0.1) is 10.2 Å². The minimum atomic E-state index is -0.374. The lowest BCUT2D eigenvalue weighted by Gasteiger charge is -2.20. The Balaban J connectivity index is 0.00000106. The molecule has 0 fully saturated rings. The Labute approximate surface area is 254 Å². The number of nitrogens with zero attached hydrogens (tertiary/aromatic N) is 4. The van der Waals surface area contributed by atoms with Gasteiger partial charge in [0.1, 0.15) is 42.2 Å². The van der Waals surface area contributed by atoms with Crippen LogP contribution in [0.5, 0.6) is 5.75 Å². The molecule has 2 aliphatic heterocycles. The van der Waals surface area contributed by atoms with Crippen LogP contribution in [0.4, 0.5) is 0 Å². The zero-order valence-corrected chi connectivity index (χ0v) is 24.7. The van der Waals surface area contributed by atoms with Crippen molar-refractivity contribution in [3.05, 3.63) is 94.0 Å². The fraction of sp³-hybridized carbons (Fsp3) is 0.258. The first-order chi connectivity index (χ1) is 21.4. The number of fused-ring (bicyclic) bond motifs is 4. The van der Waals surface area contributed by atoms with E-state index in [0.29, 0.717) is 29.6 Å². The number of rotatable bonds is 6. The topological polar surface area (TPSA) is 184 Å². The second-order valence-electron chi connectivity index (χ2n) is 9.77. The van der Waals surface area contributed by atoms with Gasteiger partial charge in [0.15, 0.2) is 5.82 Å². The lowest BCUT2D eigenvalue weighted by atomic mass is 9.98. The molecule has 0 bridgehead atoms. The molecule has 44 heavy (non-hydrogen) atoms. The Hall–Kier alpha value is -5.43. The first kappa shape index (κ1) is 31.5. The third-order valence-corrected chi connectivity index (χ3v) is 7.41. The molecule has 0 spiro atoms. The minimum Gasteiger partial charge on any atom is -0.483 e. The van der Waals surface area contributed by atoms with Crippen LogP contribution < -0.4 is 20.7 Å². The van der Waals surface area contributed by atoms with Gasteiger partial charge in [-0.25, -0.2) is 4.99 Å². The van der Waals surface area contributed by atoms with Crippen molar-refractivity contribution >= 4 is 30.5 Å². The molecule has 3 aliphatic rings. The van der Waals surface area contributed by atoms with Gasteiger partial charge in [0.2, 0.25) is 0 Å². The van der Waals surface area contributed by atoms with Crippen LogP contribution in [0.15, 0.2) is 65.3 Å². The Bertz CT molecular complexity index is 1670. The average Bonchev–Trinajstić information content (AvgIpc) is 3.73. The monoisotopic (exact) mass is 598 g/mol. The number of allylic oxidation sites excluding steroid dienone is 1. The molecule has 6 rings (SSSR count). The largest absolute Gasteiger partial charge is 0.483 e. The van der Waals surface area contributed by atoms with Crippen molar-refractivity contribution in [2.24, 2.45) is 4.99 Å². The second-order valence-corrected chi connectivity index (χ2v) is 9.77. The highest BCUT2D eigenvalue weighted by Crippen LogP contribution is 2.34. The van der Waals surface area contributed by atoms with Crippen LogP contribution in [0.3, 0.4) is 0 Å². The lowest BCUT2D eigenvalue weighted by molar-refractivity contribution is -0.118. The molecule has 1 atom stereocenters. The summed E-state index contributed by atoms with van der Waals surface area (Å²) in [5.74, 6) is 1.08. The number of hydrogen-bond donors (Lipinski definition) is 5. The SMILES string of the molecule is C/C=C1\N=C(C(=O)NC2CCc3c2ccc(C=O)c3C)C=C(C(=O)NCc2ccc3c(c2)-n2cnnc2CO3)N1.C=N.CO. The van der Waals surface area contributed by atoms with Gasteiger partial charge in [0, 0.05) is 19.2 Å². The highest BCUT2D eigenvalue weighted by Gasteiger charge is 2.28. The van der Waals surface area contributed by atoms with E-state index < -0.39 is 0 Å². The highest BCUT2D eigenvalue weighted by atomic mass is 16.5. The van der Waals surface area contributed by atoms with Gasteiger partial charge < -0.3 is 31.2 Å². The number of aldehydes is 1. The molecule has 2 amide bonds. The van der Waals surface area contributed by atoms with E-state index in [4.69, 9.17) is 15.3 Å². The molecule has 1 aromatic heterocycles. The van der Waals surface area contributed by atoms with Gasteiger partial charge in [0.05, 0.1) is 11.7 Å². The normalized spacial score (nSPS) is 16.5. The maximum atomic E-state index is 13.2. The third kappa shape index (κ3) is 6.32. The average molecular weight is 599 g/mol. The van der Waals surface area contributed by atoms with E-state index in [1.165, 1.54) is 6.08 Å². The van der Waals surface area contributed by atoms with Gasteiger partial charge in [-0.3, -0.25) is 19.0 Å². The molecule has 3 aromatic rings. The number of amides is 2. The molecule has 3 heterocycles. The standard InChI is InChI=1S/C29H27N7O4.CH3N.CH4O/c1-3-26-32-22(28(38)30-12-17-4-9-25-24(10-17)36-15-31-35-27(36)14-40-25)11-23(33-26)29(39)34-21-8-7-19-16(2)18(13-37)5-6-20(19)21;2*1-2/h3-6,9-11,13,15,21,32H,7-8,12,14H2,1-2H3,(H,30,38)(H,34,39);2H,1H2;2H,1H3/b26-3-;;. The minimum absolute atomic E-state index is 0.137. The number of carbonyl (C=O) groups excluding carboxylic acids is 3. The molecular formula is C31H34N8O5. The number of aliphatic imine (C=N–C) groups is 1. The molecule has 0 saturated heterocycles. The fourth-order valence-corrected chi connectivity index (χ4v) is 5.25. The van der Waals surface area contributed by atoms with Gasteiger partial charge in [-0.05, 0) is 79.9 Å². The summed E-state index contributed by atoms with van der Waals surface area (Å²) >= 11 is 0. The third-order valence-electron chi connectivity index (χ3n) is 7.41. The first-order valence-electron chi connectivity index (χ1n) is 13.8. The van der Waals surface area contributed by atoms with Crippen molar-refractivity contribution in [3.63, 3.8) is 0 Å². The van der Waals surface area contributed by atoms with Crippen molar-refractivity contribution in [2.75, 3.05) is 7.11 Å². The number of aromatic nitrogens is 3. The Morgan fingerprint density at radius 1 is 1.23 bits per heavy atom. The summed E-state index contributed by atoms with van der Waals surface area (Å²) in [5, 5.41) is 29.4. The number of benzene rings is 2. The van der Waals surface area contributed by atoms with Crippen molar-refractivity contribution in [2.45, 2.75) is 45.9 Å².